The summed E-state index contributed by atoms with van der Waals surface area (Å²) in [5.41, 5.74) is 7.77. The van der Waals surface area contributed by atoms with Crippen LogP contribution in [0, 0.1) is 0 Å². The van der Waals surface area contributed by atoms with Gasteiger partial charge in [0.05, 0.1) is 16.4 Å². The lowest BCUT2D eigenvalue weighted by molar-refractivity contribution is 0.596. The van der Waals surface area contributed by atoms with E-state index >= 15 is 0 Å². The number of nitrogen functional groups attached to an aromatic ring is 1. The van der Waals surface area contributed by atoms with Gasteiger partial charge in [0, 0.05) is 16.4 Å². The number of hydrogen-bond acceptors (Lipinski definition) is 5. The SMILES string of the molecule is C=CCS(=O)(=O)c1c(CS(=O)(=O)Cl)cc(CC)c(N)c1CC. The first-order valence-corrected chi connectivity index (χ1v) is 10.9. The first kappa shape index (κ1) is 19.0. The van der Waals surface area contributed by atoms with Crippen molar-refractivity contribution in [1.82, 2.24) is 0 Å². The molecule has 0 aliphatic carbocycles. The number of nitrogens with two attached hydrogens (primary N) is 1. The van der Waals surface area contributed by atoms with E-state index in [1.165, 1.54) is 12.1 Å². The molecule has 0 aliphatic heterocycles. The number of benzene rings is 1. The van der Waals surface area contributed by atoms with E-state index in [-0.39, 0.29) is 16.2 Å². The van der Waals surface area contributed by atoms with Crippen molar-refractivity contribution >= 4 is 35.3 Å². The van der Waals surface area contributed by atoms with Crippen LogP contribution < -0.4 is 5.73 Å². The predicted molar refractivity (Wildman–Crippen MR) is 90.3 cm³/mol. The maximum Gasteiger partial charge on any atom is 0.236 e. The Kier molecular flexibility index (Phi) is 6.06. The zero-order valence-corrected chi connectivity index (χ0v) is 15.0. The Morgan fingerprint density at radius 1 is 1.18 bits per heavy atom. The monoisotopic (exact) mass is 365 g/mol. The second kappa shape index (κ2) is 7.02. The molecule has 0 radical (unpaired) electrons. The topological polar surface area (TPSA) is 94.3 Å². The molecular formula is C14H20ClNO4S2. The molecule has 0 bridgehead atoms. The molecule has 8 heteroatoms. The normalized spacial score (nSPS) is 12.3. The highest BCUT2D eigenvalue weighted by atomic mass is 35.7. The quantitative estimate of drug-likeness (QED) is 0.455. The minimum atomic E-state index is -3.90. The number of aryl methyl sites for hydroxylation is 1. The average Bonchev–Trinajstić information content (AvgIpc) is 2.37. The standard InChI is InChI=1S/C14H20ClNO4S2/c1-4-7-21(17,18)14-11(9-22(15,19)20)8-10(5-2)13(16)12(14)6-3/h4,8H,1,5-7,9,16H2,2-3H3. The van der Waals surface area contributed by atoms with Gasteiger partial charge in [0.15, 0.2) is 9.84 Å². The van der Waals surface area contributed by atoms with Crippen LogP contribution in [0.5, 0.6) is 0 Å². The minimum Gasteiger partial charge on any atom is -0.398 e. The van der Waals surface area contributed by atoms with E-state index in [0.29, 0.717) is 29.7 Å². The van der Waals surface area contributed by atoms with Crippen molar-refractivity contribution in [3.63, 3.8) is 0 Å². The summed E-state index contributed by atoms with van der Waals surface area (Å²) < 4.78 is 47.9. The van der Waals surface area contributed by atoms with Crippen LogP contribution in [0.1, 0.15) is 30.5 Å². The molecule has 0 fully saturated rings. The van der Waals surface area contributed by atoms with E-state index in [9.17, 15) is 16.8 Å². The van der Waals surface area contributed by atoms with Gasteiger partial charge in [-0.3, -0.25) is 0 Å². The van der Waals surface area contributed by atoms with E-state index in [1.54, 1.807) is 6.92 Å². The zero-order valence-electron chi connectivity index (χ0n) is 12.6. The van der Waals surface area contributed by atoms with Crippen molar-refractivity contribution < 1.29 is 16.8 Å². The first-order valence-electron chi connectivity index (χ1n) is 6.76. The van der Waals surface area contributed by atoms with Crippen molar-refractivity contribution in [2.45, 2.75) is 37.3 Å². The van der Waals surface area contributed by atoms with Gasteiger partial charge in [0.1, 0.15) is 0 Å². The molecule has 0 atom stereocenters. The molecular weight excluding hydrogens is 346 g/mol. The summed E-state index contributed by atoms with van der Waals surface area (Å²) >= 11 is 0. The number of anilines is 1. The predicted octanol–water partition coefficient (Wildman–Crippen LogP) is 2.42. The van der Waals surface area contributed by atoms with E-state index in [1.807, 2.05) is 6.92 Å². The largest absolute Gasteiger partial charge is 0.398 e. The Morgan fingerprint density at radius 2 is 1.77 bits per heavy atom. The molecule has 0 amide bonds. The molecule has 2 N–H and O–H groups in total. The lowest BCUT2D eigenvalue weighted by Gasteiger charge is -2.18. The lowest BCUT2D eigenvalue weighted by Crippen LogP contribution is -2.15. The maximum absolute atomic E-state index is 12.5. The number of halogens is 1. The molecule has 0 unspecified atom stereocenters. The molecule has 0 aliphatic rings. The molecule has 124 valence electrons. The smallest absolute Gasteiger partial charge is 0.236 e. The molecule has 5 nitrogen and oxygen atoms in total. The van der Waals surface area contributed by atoms with Crippen LogP contribution in [0.2, 0.25) is 0 Å². The maximum atomic E-state index is 12.5. The van der Waals surface area contributed by atoms with E-state index in [2.05, 4.69) is 6.58 Å². The third kappa shape index (κ3) is 4.24. The average molecular weight is 366 g/mol. The Labute approximate surface area is 136 Å². The van der Waals surface area contributed by atoms with Crippen molar-refractivity contribution in [3.8, 4) is 0 Å². The van der Waals surface area contributed by atoms with Gasteiger partial charge in [0.2, 0.25) is 9.05 Å². The molecule has 1 rings (SSSR count). The van der Waals surface area contributed by atoms with E-state index < -0.39 is 24.6 Å². The van der Waals surface area contributed by atoms with Gasteiger partial charge in [-0.2, -0.15) is 0 Å². The lowest BCUT2D eigenvalue weighted by atomic mass is 10.00. The van der Waals surface area contributed by atoms with Crippen molar-refractivity contribution in [1.29, 1.82) is 0 Å². The molecule has 1 aromatic rings. The van der Waals surface area contributed by atoms with Crippen molar-refractivity contribution in [2.24, 2.45) is 0 Å². The summed E-state index contributed by atoms with van der Waals surface area (Å²) in [5, 5.41) is 0. The highest BCUT2D eigenvalue weighted by Crippen LogP contribution is 2.33. The molecule has 1 aromatic carbocycles. The summed E-state index contributed by atoms with van der Waals surface area (Å²) in [7, 11) is -2.30. The molecule has 22 heavy (non-hydrogen) atoms. The Hall–Kier alpha value is -1.05. The van der Waals surface area contributed by atoms with Gasteiger partial charge in [-0.05, 0) is 29.5 Å². The van der Waals surface area contributed by atoms with Crippen LogP contribution in [0.25, 0.3) is 0 Å². The van der Waals surface area contributed by atoms with Gasteiger partial charge < -0.3 is 5.73 Å². The molecule has 0 aromatic heterocycles. The van der Waals surface area contributed by atoms with Gasteiger partial charge in [-0.15, -0.1) is 6.58 Å². The molecule has 0 heterocycles. The summed E-state index contributed by atoms with van der Waals surface area (Å²) in [6.45, 7) is 7.07. The van der Waals surface area contributed by atoms with Gasteiger partial charge in [-0.25, -0.2) is 16.8 Å². The van der Waals surface area contributed by atoms with Crippen LogP contribution in [-0.4, -0.2) is 22.6 Å². The molecule has 0 spiro atoms. The van der Waals surface area contributed by atoms with Crippen LogP contribution in [0.4, 0.5) is 5.69 Å². The van der Waals surface area contributed by atoms with Gasteiger partial charge in [-0.1, -0.05) is 26.0 Å². The second-order valence-electron chi connectivity index (χ2n) is 4.88. The number of sulfone groups is 1. The molecule has 0 saturated heterocycles. The molecule has 0 saturated carbocycles. The van der Waals surface area contributed by atoms with Gasteiger partial charge in [0.25, 0.3) is 0 Å². The van der Waals surface area contributed by atoms with Crippen LogP contribution in [-0.2, 0) is 37.5 Å². The van der Waals surface area contributed by atoms with Crippen molar-refractivity contribution in [3.05, 3.63) is 35.4 Å². The number of rotatable bonds is 7. The van der Waals surface area contributed by atoms with Crippen LogP contribution >= 0.6 is 10.7 Å². The first-order chi connectivity index (χ1) is 10.1. The fourth-order valence-corrected chi connectivity index (χ4v) is 5.11. The summed E-state index contributed by atoms with van der Waals surface area (Å²) in [4.78, 5) is -0.0335. The highest BCUT2D eigenvalue weighted by Gasteiger charge is 2.26. The Bertz CT molecular complexity index is 784. The summed E-state index contributed by atoms with van der Waals surface area (Å²) in [5.74, 6) is -0.846. The zero-order chi connectivity index (χ0) is 17.1. The van der Waals surface area contributed by atoms with Crippen molar-refractivity contribution in [2.75, 3.05) is 11.5 Å². The minimum absolute atomic E-state index is 0.0335. The third-order valence-corrected chi connectivity index (χ3v) is 6.08. The fourth-order valence-electron chi connectivity index (χ4n) is 2.43. The van der Waals surface area contributed by atoms with E-state index in [0.717, 1.165) is 0 Å². The number of hydrogen-bond donors (Lipinski definition) is 1. The van der Waals surface area contributed by atoms with Gasteiger partial charge >= 0.3 is 0 Å². The Balaban J connectivity index is 3.83. The highest BCUT2D eigenvalue weighted by molar-refractivity contribution is 8.13. The second-order valence-corrected chi connectivity index (χ2v) is 9.62. The third-order valence-electron chi connectivity index (χ3n) is 3.30. The van der Waals surface area contributed by atoms with Crippen LogP contribution in [0.3, 0.4) is 0 Å². The summed E-state index contributed by atoms with van der Waals surface area (Å²) in [6.07, 6.45) is 2.20. The fraction of sp³-hybridized carbons (Fsp3) is 0.429. The van der Waals surface area contributed by atoms with Crippen LogP contribution in [0.15, 0.2) is 23.6 Å². The Morgan fingerprint density at radius 3 is 2.18 bits per heavy atom. The van der Waals surface area contributed by atoms with E-state index in [4.69, 9.17) is 16.4 Å². The summed E-state index contributed by atoms with van der Waals surface area (Å²) in [6, 6.07) is 1.52.